The number of unbranched alkanes of at least 4 members (excludes halogenated alkanes) is 2. The van der Waals surface area contributed by atoms with E-state index in [4.69, 9.17) is 5.73 Å². The molecule has 0 atom stereocenters. The van der Waals surface area contributed by atoms with E-state index in [-0.39, 0.29) is 0 Å². The van der Waals surface area contributed by atoms with E-state index in [1.54, 1.807) is 0 Å². The lowest BCUT2D eigenvalue weighted by Crippen LogP contribution is -2.05. The lowest BCUT2D eigenvalue weighted by atomic mass is 10.2. The second kappa shape index (κ2) is 6.32. The van der Waals surface area contributed by atoms with Crippen molar-refractivity contribution in [2.24, 2.45) is 5.73 Å². The van der Waals surface area contributed by atoms with Crippen LogP contribution in [0.25, 0.3) is 0 Å². The van der Waals surface area contributed by atoms with Crippen molar-refractivity contribution in [3.63, 3.8) is 0 Å². The predicted molar refractivity (Wildman–Crippen MR) is 58.2 cm³/mol. The van der Waals surface area contributed by atoms with E-state index in [1.165, 1.54) is 6.42 Å². The molecule has 1 rings (SSSR count). The third-order valence-corrected chi connectivity index (χ3v) is 1.98. The minimum Gasteiger partial charge on any atom is -0.369 e. The lowest BCUT2D eigenvalue weighted by molar-refractivity contribution is 0.705. The highest BCUT2D eigenvalue weighted by molar-refractivity contribution is 5.32. The molecule has 1 heterocycles. The Morgan fingerprint density at radius 3 is 2.71 bits per heavy atom. The second-order valence-electron chi connectivity index (χ2n) is 3.34. The van der Waals surface area contributed by atoms with Crippen LogP contribution in [0.5, 0.6) is 0 Å². The van der Waals surface area contributed by atoms with Gasteiger partial charge in [0.1, 0.15) is 5.82 Å². The minimum absolute atomic E-state index is 0.782. The molecule has 0 saturated heterocycles. The molecule has 0 amide bonds. The summed E-state index contributed by atoms with van der Waals surface area (Å²) >= 11 is 0. The van der Waals surface area contributed by atoms with Gasteiger partial charge in [0.05, 0.1) is 5.69 Å². The number of anilines is 1. The Morgan fingerprint density at radius 2 is 2.07 bits per heavy atom. The van der Waals surface area contributed by atoms with Crippen LogP contribution in [0, 0.1) is 6.92 Å². The van der Waals surface area contributed by atoms with E-state index in [0.717, 1.165) is 37.4 Å². The first kappa shape index (κ1) is 10.9. The first-order valence-electron chi connectivity index (χ1n) is 5.07. The molecular formula is C10H18N4. The highest BCUT2D eigenvalue weighted by Gasteiger charge is 1.93. The number of nitrogens with two attached hydrogens (primary N) is 1. The minimum atomic E-state index is 0.782. The fourth-order valence-electron chi connectivity index (χ4n) is 1.16. The average molecular weight is 194 g/mol. The molecule has 0 aliphatic rings. The van der Waals surface area contributed by atoms with Gasteiger partial charge in [-0.15, -0.1) is 5.10 Å². The van der Waals surface area contributed by atoms with Gasteiger partial charge in [0.15, 0.2) is 0 Å². The van der Waals surface area contributed by atoms with Gasteiger partial charge in [-0.05, 0) is 38.4 Å². The standard InChI is InChI=1S/C10H18N4/c1-9-5-6-10(14-13-9)12-8-4-2-3-7-11/h5-6H,2-4,7-8,11H2,1H3,(H,12,14). The number of hydrogen-bond acceptors (Lipinski definition) is 4. The average Bonchev–Trinajstić information content (AvgIpc) is 2.21. The summed E-state index contributed by atoms with van der Waals surface area (Å²) in [6, 6.07) is 3.90. The highest BCUT2D eigenvalue weighted by atomic mass is 15.2. The number of nitrogens with zero attached hydrogens (tertiary/aromatic N) is 2. The van der Waals surface area contributed by atoms with Crippen LogP contribution >= 0.6 is 0 Å². The molecule has 0 aromatic carbocycles. The molecule has 4 nitrogen and oxygen atoms in total. The Labute approximate surface area is 84.9 Å². The van der Waals surface area contributed by atoms with Crippen LogP contribution in [-0.4, -0.2) is 23.3 Å². The summed E-state index contributed by atoms with van der Waals surface area (Å²) in [5.74, 6) is 0.850. The number of aromatic nitrogens is 2. The maximum atomic E-state index is 5.40. The molecule has 0 radical (unpaired) electrons. The molecule has 0 unspecified atom stereocenters. The summed E-state index contributed by atoms with van der Waals surface area (Å²) in [4.78, 5) is 0. The van der Waals surface area contributed by atoms with Gasteiger partial charge < -0.3 is 11.1 Å². The maximum absolute atomic E-state index is 5.40. The van der Waals surface area contributed by atoms with E-state index in [0.29, 0.717) is 0 Å². The number of nitrogens with one attached hydrogen (secondary N) is 1. The van der Waals surface area contributed by atoms with E-state index >= 15 is 0 Å². The van der Waals surface area contributed by atoms with Crippen LogP contribution in [0.2, 0.25) is 0 Å². The first-order valence-corrected chi connectivity index (χ1v) is 5.07. The molecular weight excluding hydrogens is 176 g/mol. The van der Waals surface area contributed by atoms with Crippen molar-refractivity contribution >= 4 is 5.82 Å². The van der Waals surface area contributed by atoms with Gasteiger partial charge in [-0.3, -0.25) is 0 Å². The van der Waals surface area contributed by atoms with Crippen molar-refractivity contribution < 1.29 is 0 Å². The molecule has 0 aliphatic heterocycles. The molecule has 0 spiro atoms. The van der Waals surface area contributed by atoms with Gasteiger partial charge in [-0.1, -0.05) is 6.42 Å². The number of hydrogen-bond donors (Lipinski definition) is 2. The SMILES string of the molecule is Cc1ccc(NCCCCCN)nn1. The topological polar surface area (TPSA) is 63.8 Å². The third-order valence-electron chi connectivity index (χ3n) is 1.98. The molecule has 1 aromatic heterocycles. The fourth-order valence-corrected chi connectivity index (χ4v) is 1.16. The number of aryl methyl sites for hydroxylation is 1. The zero-order chi connectivity index (χ0) is 10.2. The van der Waals surface area contributed by atoms with Crippen molar-refractivity contribution in [3.8, 4) is 0 Å². The Kier molecular flexibility index (Phi) is 4.93. The molecule has 78 valence electrons. The van der Waals surface area contributed by atoms with Gasteiger partial charge in [-0.25, -0.2) is 0 Å². The van der Waals surface area contributed by atoms with Crippen LogP contribution in [0.4, 0.5) is 5.82 Å². The van der Waals surface area contributed by atoms with Crippen LogP contribution in [0.3, 0.4) is 0 Å². The van der Waals surface area contributed by atoms with Crippen molar-refractivity contribution in [2.45, 2.75) is 26.2 Å². The fraction of sp³-hybridized carbons (Fsp3) is 0.600. The van der Waals surface area contributed by atoms with Gasteiger partial charge in [-0.2, -0.15) is 5.10 Å². The molecule has 1 aromatic rings. The summed E-state index contributed by atoms with van der Waals surface area (Å²) < 4.78 is 0. The molecule has 0 fully saturated rings. The van der Waals surface area contributed by atoms with E-state index in [2.05, 4.69) is 15.5 Å². The van der Waals surface area contributed by atoms with Crippen molar-refractivity contribution in [2.75, 3.05) is 18.4 Å². The normalized spacial score (nSPS) is 10.1. The van der Waals surface area contributed by atoms with Crippen molar-refractivity contribution in [1.82, 2.24) is 10.2 Å². The molecule has 0 bridgehead atoms. The van der Waals surface area contributed by atoms with E-state index < -0.39 is 0 Å². The van der Waals surface area contributed by atoms with Gasteiger partial charge >= 0.3 is 0 Å². The van der Waals surface area contributed by atoms with Crippen molar-refractivity contribution in [3.05, 3.63) is 17.8 Å². The van der Waals surface area contributed by atoms with Crippen LogP contribution < -0.4 is 11.1 Å². The summed E-state index contributed by atoms with van der Waals surface area (Å²) in [6.45, 7) is 3.65. The summed E-state index contributed by atoms with van der Waals surface area (Å²) in [5, 5.41) is 11.2. The Bertz CT molecular complexity index is 245. The Hall–Kier alpha value is -1.16. The highest BCUT2D eigenvalue weighted by Crippen LogP contribution is 2.01. The largest absolute Gasteiger partial charge is 0.369 e. The smallest absolute Gasteiger partial charge is 0.148 e. The zero-order valence-electron chi connectivity index (χ0n) is 8.66. The lowest BCUT2D eigenvalue weighted by Gasteiger charge is -2.03. The van der Waals surface area contributed by atoms with Crippen LogP contribution in [-0.2, 0) is 0 Å². The summed E-state index contributed by atoms with van der Waals surface area (Å²) in [7, 11) is 0. The molecule has 14 heavy (non-hydrogen) atoms. The predicted octanol–water partition coefficient (Wildman–Crippen LogP) is 1.33. The maximum Gasteiger partial charge on any atom is 0.148 e. The van der Waals surface area contributed by atoms with Gasteiger partial charge in [0, 0.05) is 6.54 Å². The van der Waals surface area contributed by atoms with Gasteiger partial charge in [0.2, 0.25) is 0 Å². The summed E-state index contributed by atoms with van der Waals surface area (Å²) in [5.41, 5.74) is 6.34. The second-order valence-corrected chi connectivity index (χ2v) is 3.34. The molecule has 0 saturated carbocycles. The van der Waals surface area contributed by atoms with Crippen molar-refractivity contribution in [1.29, 1.82) is 0 Å². The van der Waals surface area contributed by atoms with Gasteiger partial charge in [0.25, 0.3) is 0 Å². The third kappa shape index (κ3) is 4.18. The molecule has 4 heteroatoms. The first-order chi connectivity index (χ1) is 6.83. The number of rotatable bonds is 6. The van der Waals surface area contributed by atoms with Crippen LogP contribution in [0.1, 0.15) is 25.0 Å². The monoisotopic (exact) mass is 194 g/mol. The Morgan fingerprint density at radius 1 is 1.21 bits per heavy atom. The molecule has 0 aliphatic carbocycles. The summed E-state index contributed by atoms with van der Waals surface area (Å²) in [6.07, 6.45) is 3.40. The van der Waals surface area contributed by atoms with E-state index in [1.807, 2.05) is 19.1 Å². The molecule has 3 N–H and O–H groups in total. The van der Waals surface area contributed by atoms with E-state index in [9.17, 15) is 0 Å². The Balaban J connectivity index is 2.15. The van der Waals surface area contributed by atoms with Crippen LogP contribution in [0.15, 0.2) is 12.1 Å². The zero-order valence-corrected chi connectivity index (χ0v) is 8.66. The quantitative estimate of drug-likeness (QED) is 0.670.